The summed E-state index contributed by atoms with van der Waals surface area (Å²) < 4.78 is 5.45. The molecule has 0 N–H and O–H groups in total. The molecule has 6 heteroatoms. The minimum absolute atomic E-state index is 0.150. The number of aromatic nitrogens is 1. The van der Waals surface area contributed by atoms with E-state index in [4.69, 9.17) is 4.74 Å². The molecule has 0 aliphatic carbocycles. The van der Waals surface area contributed by atoms with Crippen LogP contribution in [-0.2, 0) is 4.74 Å². The Kier molecular flexibility index (Phi) is 4.90. The highest BCUT2D eigenvalue weighted by molar-refractivity contribution is 5.99. The average molecular weight is 344 g/mol. The maximum absolute atomic E-state index is 13.4. The lowest BCUT2D eigenvalue weighted by atomic mass is 10.0. The highest BCUT2D eigenvalue weighted by atomic mass is 16.5. The van der Waals surface area contributed by atoms with E-state index in [-0.39, 0.29) is 5.91 Å². The molecule has 4 heterocycles. The van der Waals surface area contributed by atoms with Crippen LogP contribution < -0.4 is 4.90 Å². The Hall–Kier alpha value is -1.66. The fraction of sp³-hybridized carbons (Fsp3) is 0.684. The van der Waals surface area contributed by atoms with Crippen LogP contribution in [0.1, 0.15) is 36.0 Å². The molecule has 25 heavy (non-hydrogen) atoms. The van der Waals surface area contributed by atoms with Gasteiger partial charge in [0.25, 0.3) is 5.91 Å². The van der Waals surface area contributed by atoms with Gasteiger partial charge in [0, 0.05) is 37.9 Å². The first-order chi connectivity index (χ1) is 12.3. The predicted molar refractivity (Wildman–Crippen MR) is 97.0 cm³/mol. The van der Waals surface area contributed by atoms with Crippen LogP contribution in [0, 0.1) is 0 Å². The number of anilines is 1. The number of likely N-dealkylation sites (tertiary alicyclic amines) is 2. The molecule has 136 valence electrons. The summed E-state index contributed by atoms with van der Waals surface area (Å²) in [7, 11) is 2.20. The second kappa shape index (κ2) is 7.30. The first-order valence-electron chi connectivity index (χ1n) is 9.54. The Morgan fingerprint density at radius 3 is 2.64 bits per heavy atom. The predicted octanol–water partition coefficient (Wildman–Crippen LogP) is 1.62. The summed E-state index contributed by atoms with van der Waals surface area (Å²) in [5, 5.41) is 0. The Morgan fingerprint density at radius 2 is 1.88 bits per heavy atom. The van der Waals surface area contributed by atoms with E-state index in [1.807, 2.05) is 12.1 Å². The molecule has 0 aromatic carbocycles. The van der Waals surface area contributed by atoms with E-state index in [9.17, 15) is 4.79 Å². The smallest absolute Gasteiger partial charge is 0.257 e. The summed E-state index contributed by atoms with van der Waals surface area (Å²) in [5.74, 6) is 0.971. The highest BCUT2D eigenvalue weighted by Gasteiger charge is 2.39. The van der Waals surface area contributed by atoms with Gasteiger partial charge in [0.2, 0.25) is 0 Å². The van der Waals surface area contributed by atoms with Crippen molar-refractivity contribution in [2.24, 2.45) is 0 Å². The van der Waals surface area contributed by atoms with E-state index in [1.54, 1.807) is 6.20 Å². The number of amides is 1. The Bertz CT molecular complexity index is 617. The molecule has 3 aliphatic heterocycles. The minimum Gasteiger partial charge on any atom is -0.378 e. The molecule has 6 nitrogen and oxygen atoms in total. The van der Waals surface area contributed by atoms with E-state index >= 15 is 0 Å². The number of pyridine rings is 1. The van der Waals surface area contributed by atoms with Gasteiger partial charge in [-0.15, -0.1) is 0 Å². The maximum atomic E-state index is 13.4. The zero-order chi connectivity index (χ0) is 17.2. The molecule has 0 unspecified atom stereocenters. The van der Waals surface area contributed by atoms with Crippen LogP contribution in [0.2, 0.25) is 0 Å². The molecule has 0 spiro atoms. The third-order valence-corrected chi connectivity index (χ3v) is 5.91. The van der Waals surface area contributed by atoms with Crippen molar-refractivity contribution in [1.29, 1.82) is 0 Å². The number of hydrogen-bond donors (Lipinski definition) is 0. The molecule has 1 amide bonds. The number of nitrogens with zero attached hydrogens (tertiary/aromatic N) is 4. The van der Waals surface area contributed by atoms with Gasteiger partial charge >= 0.3 is 0 Å². The van der Waals surface area contributed by atoms with Gasteiger partial charge in [-0.25, -0.2) is 4.98 Å². The van der Waals surface area contributed by atoms with Gasteiger partial charge in [-0.1, -0.05) is 0 Å². The third-order valence-electron chi connectivity index (χ3n) is 5.91. The van der Waals surface area contributed by atoms with Crippen molar-refractivity contribution in [1.82, 2.24) is 14.8 Å². The van der Waals surface area contributed by atoms with E-state index < -0.39 is 0 Å². The van der Waals surface area contributed by atoms with Gasteiger partial charge in [0.1, 0.15) is 5.82 Å². The zero-order valence-corrected chi connectivity index (χ0v) is 15.1. The van der Waals surface area contributed by atoms with Crippen molar-refractivity contribution in [3.8, 4) is 0 Å². The molecule has 4 rings (SSSR count). The first kappa shape index (κ1) is 16.8. The SMILES string of the molecule is CN1CCC[C@H]1[C@@H]1CCCN1C(=O)c1cccnc1N1CCOCC1. The number of rotatable bonds is 3. The number of carbonyl (C=O) groups excluding carboxylic acids is 1. The average Bonchev–Trinajstić information content (AvgIpc) is 3.30. The van der Waals surface area contributed by atoms with Crippen LogP contribution in [-0.4, -0.2) is 79.2 Å². The largest absolute Gasteiger partial charge is 0.378 e. The minimum atomic E-state index is 0.150. The van der Waals surface area contributed by atoms with Gasteiger partial charge < -0.3 is 19.4 Å². The summed E-state index contributed by atoms with van der Waals surface area (Å²) in [4.78, 5) is 24.7. The lowest BCUT2D eigenvalue weighted by Gasteiger charge is -2.34. The fourth-order valence-electron chi connectivity index (χ4n) is 4.61. The van der Waals surface area contributed by atoms with Gasteiger partial charge in [-0.2, -0.15) is 0 Å². The van der Waals surface area contributed by atoms with Crippen LogP contribution >= 0.6 is 0 Å². The van der Waals surface area contributed by atoms with Crippen molar-refractivity contribution < 1.29 is 9.53 Å². The summed E-state index contributed by atoms with van der Waals surface area (Å²) >= 11 is 0. The molecule has 3 saturated heterocycles. The second-order valence-electron chi connectivity index (χ2n) is 7.37. The number of hydrogen-bond acceptors (Lipinski definition) is 5. The number of carbonyl (C=O) groups is 1. The normalized spacial score (nSPS) is 27.9. The highest BCUT2D eigenvalue weighted by Crippen LogP contribution is 2.31. The lowest BCUT2D eigenvalue weighted by Crippen LogP contribution is -2.47. The molecule has 2 atom stereocenters. The molecule has 0 radical (unpaired) electrons. The molecule has 3 aliphatic rings. The molecular weight excluding hydrogens is 316 g/mol. The first-order valence-corrected chi connectivity index (χ1v) is 9.54. The van der Waals surface area contributed by atoms with Crippen molar-refractivity contribution in [3.63, 3.8) is 0 Å². The van der Waals surface area contributed by atoms with Gasteiger partial charge in [0.15, 0.2) is 0 Å². The molecule has 0 bridgehead atoms. The van der Waals surface area contributed by atoms with Crippen LogP contribution in [0.3, 0.4) is 0 Å². The molecular formula is C19H28N4O2. The van der Waals surface area contributed by atoms with Crippen molar-refractivity contribution in [2.45, 2.75) is 37.8 Å². The van der Waals surface area contributed by atoms with Gasteiger partial charge in [0.05, 0.1) is 18.8 Å². The summed E-state index contributed by atoms with van der Waals surface area (Å²) in [6.45, 7) is 5.01. The zero-order valence-electron chi connectivity index (χ0n) is 15.1. The van der Waals surface area contributed by atoms with E-state index in [2.05, 4.69) is 26.7 Å². The topological polar surface area (TPSA) is 48.9 Å². The third kappa shape index (κ3) is 3.25. The van der Waals surface area contributed by atoms with E-state index in [0.29, 0.717) is 25.3 Å². The quantitative estimate of drug-likeness (QED) is 0.834. The second-order valence-corrected chi connectivity index (χ2v) is 7.37. The van der Waals surface area contributed by atoms with Crippen LogP contribution in [0.15, 0.2) is 18.3 Å². The number of ether oxygens (including phenoxy) is 1. The molecule has 1 aromatic rings. The summed E-state index contributed by atoms with van der Waals surface area (Å²) in [5.41, 5.74) is 0.747. The van der Waals surface area contributed by atoms with Gasteiger partial charge in [-0.3, -0.25) is 4.79 Å². The Balaban J connectivity index is 1.58. The van der Waals surface area contributed by atoms with Crippen LogP contribution in [0.5, 0.6) is 0 Å². The number of morpholine rings is 1. The molecule has 0 saturated carbocycles. The standard InChI is InChI=1S/C19H28N4O2/c1-21-9-3-6-16(21)17-7-4-10-23(17)19(24)15-5-2-8-20-18(15)22-11-13-25-14-12-22/h2,5,8,16-17H,3-4,6-7,9-14H2,1H3/t16-,17-/m0/s1. The fourth-order valence-corrected chi connectivity index (χ4v) is 4.61. The Labute approximate surface area is 149 Å². The summed E-state index contributed by atoms with van der Waals surface area (Å²) in [6.07, 6.45) is 6.45. The van der Waals surface area contributed by atoms with Crippen molar-refractivity contribution in [2.75, 3.05) is 51.3 Å². The summed E-state index contributed by atoms with van der Waals surface area (Å²) in [6, 6.07) is 4.67. The van der Waals surface area contributed by atoms with E-state index in [1.165, 1.54) is 12.8 Å². The van der Waals surface area contributed by atoms with Crippen molar-refractivity contribution >= 4 is 11.7 Å². The number of likely N-dealkylation sites (N-methyl/N-ethyl adjacent to an activating group) is 1. The lowest BCUT2D eigenvalue weighted by molar-refractivity contribution is 0.0663. The van der Waals surface area contributed by atoms with Crippen LogP contribution in [0.25, 0.3) is 0 Å². The maximum Gasteiger partial charge on any atom is 0.257 e. The van der Waals surface area contributed by atoms with E-state index in [0.717, 1.165) is 50.4 Å². The molecule has 1 aromatic heterocycles. The molecule has 3 fully saturated rings. The van der Waals surface area contributed by atoms with Crippen LogP contribution in [0.4, 0.5) is 5.82 Å². The Morgan fingerprint density at radius 1 is 1.12 bits per heavy atom. The van der Waals surface area contributed by atoms with Crippen molar-refractivity contribution in [3.05, 3.63) is 23.9 Å². The monoisotopic (exact) mass is 344 g/mol. The van der Waals surface area contributed by atoms with Gasteiger partial charge in [-0.05, 0) is 51.4 Å².